The van der Waals surface area contributed by atoms with E-state index in [1.165, 1.54) is 29.9 Å². The number of nitrogens with one attached hydrogen (secondary N) is 1. The number of para-hydroxylation sites is 1. The van der Waals surface area contributed by atoms with Crippen molar-refractivity contribution >= 4 is 37.0 Å². The largest absolute Gasteiger partial charge is 0.465 e. The molecule has 0 bridgehead atoms. The zero-order chi connectivity index (χ0) is 35.7. The van der Waals surface area contributed by atoms with Crippen molar-refractivity contribution in [2.24, 2.45) is 11.8 Å². The van der Waals surface area contributed by atoms with Crippen LogP contribution in [0.5, 0.6) is 5.75 Å². The minimum absolute atomic E-state index is 0.0935. The molecule has 1 aromatic carbocycles. The van der Waals surface area contributed by atoms with E-state index < -0.39 is 73.0 Å². The number of benzene rings is 1. The third-order valence-electron chi connectivity index (χ3n) is 8.06. The average Bonchev–Trinajstić information content (AvgIpc) is 3.31. The first-order valence-corrected chi connectivity index (χ1v) is 17.4. The second kappa shape index (κ2) is 13.8. The number of nitriles is 1. The van der Waals surface area contributed by atoms with Crippen LogP contribution in [0.15, 0.2) is 48.8 Å². The first-order chi connectivity index (χ1) is 23.2. The van der Waals surface area contributed by atoms with Gasteiger partial charge in [-0.2, -0.15) is 15.4 Å². The molecule has 1 saturated heterocycles. The Bertz CT molecular complexity index is 1810. The van der Waals surface area contributed by atoms with Gasteiger partial charge in [-0.3, -0.25) is 18.9 Å². The van der Waals surface area contributed by atoms with Crippen LogP contribution in [0.25, 0.3) is 5.52 Å². The number of carbonyl (C=O) groups is 3. The Morgan fingerprint density at radius 3 is 2.41 bits per heavy atom. The van der Waals surface area contributed by atoms with Crippen molar-refractivity contribution in [2.75, 3.05) is 12.3 Å². The number of nitrogens with zero attached hydrogens (tertiary/aromatic N) is 4. The Hall–Kier alpha value is -4.55. The predicted octanol–water partition coefficient (Wildman–Crippen LogP) is 3.67. The van der Waals surface area contributed by atoms with Crippen LogP contribution in [0.4, 0.5) is 5.82 Å². The molecule has 2 aromatic heterocycles. The van der Waals surface area contributed by atoms with E-state index in [2.05, 4.69) is 15.2 Å². The Morgan fingerprint density at radius 1 is 1.08 bits per heavy atom. The van der Waals surface area contributed by atoms with Gasteiger partial charge in [0.25, 0.3) is 0 Å². The molecule has 2 fully saturated rings. The fourth-order valence-corrected chi connectivity index (χ4v) is 7.20. The zero-order valence-corrected chi connectivity index (χ0v) is 28.8. The van der Waals surface area contributed by atoms with Crippen molar-refractivity contribution in [1.82, 2.24) is 19.7 Å². The summed E-state index contributed by atoms with van der Waals surface area (Å²) in [6, 6.07) is 12.0. The van der Waals surface area contributed by atoms with Crippen molar-refractivity contribution in [3.63, 3.8) is 0 Å². The molecule has 7 atom stereocenters. The number of rotatable bonds is 14. The quantitative estimate of drug-likeness (QED) is 0.140. The molecule has 3 heterocycles. The van der Waals surface area contributed by atoms with Gasteiger partial charge < -0.3 is 29.2 Å². The monoisotopic (exact) mass is 698 g/mol. The van der Waals surface area contributed by atoms with Gasteiger partial charge in [0.05, 0.1) is 24.1 Å². The average molecular weight is 699 g/mol. The maximum absolute atomic E-state index is 14.6. The third-order valence-corrected chi connectivity index (χ3v) is 9.70. The first-order valence-electron chi connectivity index (χ1n) is 15.8. The zero-order valence-electron chi connectivity index (χ0n) is 27.9. The summed E-state index contributed by atoms with van der Waals surface area (Å²) in [7, 11) is -4.66. The molecule has 0 amide bonds. The van der Waals surface area contributed by atoms with E-state index >= 15 is 0 Å². The van der Waals surface area contributed by atoms with Crippen molar-refractivity contribution < 1.29 is 46.9 Å². The van der Waals surface area contributed by atoms with Gasteiger partial charge in [0.2, 0.25) is 11.2 Å². The van der Waals surface area contributed by atoms with Gasteiger partial charge in [0.15, 0.2) is 18.0 Å². The SMILES string of the molecule is CCCOC(=O)[C@H](C)NP(=O)(Oc1ccccc1)OC1[C@@]2(C#N)O[C@@H](c3ccc4c(N)ncnn34)[C@H](OC(=O)C(C)C)[C@@]12OC(=O)C(C)C. The lowest BCUT2D eigenvalue weighted by atomic mass is 10.0. The molecule has 49 heavy (non-hydrogen) atoms. The van der Waals surface area contributed by atoms with Gasteiger partial charge in [-0.1, -0.05) is 52.8 Å². The van der Waals surface area contributed by atoms with E-state index in [4.69, 9.17) is 33.7 Å². The Labute approximate surface area is 282 Å². The number of anilines is 1. The number of fused-ring (bicyclic) bond motifs is 2. The van der Waals surface area contributed by atoms with E-state index in [1.807, 2.05) is 13.0 Å². The molecule has 17 heteroatoms. The molecule has 262 valence electrons. The molecule has 3 aromatic rings. The number of hydrogen-bond donors (Lipinski definition) is 2. The second-order valence-electron chi connectivity index (χ2n) is 12.4. The van der Waals surface area contributed by atoms with Crippen LogP contribution in [0.2, 0.25) is 0 Å². The van der Waals surface area contributed by atoms with Crippen LogP contribution in [0.1, 0.15) is 59.8 Å². The Balaban J connectivity index is 1.62. The summed E-state index contributed by atoms with van der Waals surface area (Å²) in [5.41, 5.74) is 2.40. The molecule has 2 unspecified atom stereocenters. The molecule has 1 aliphatic carbocycles. The van der Waals surface area contributed by atoms with Gasteiger partial charge in [0, 0.05) is 0 Å². The molecule has 2 aliphatic rings. The number of nitrogen functional groups attached to an aromatic ring is 1. The lowest BCUT2D eigenvalue weighted by Gasteiger charge is -2.30. The number of ether oxygens (including phenoxy) is 4. The highest BCUT2D eigenvalue weighted by molar-refractivity contribution is 7.52. The van der Waals surface area contributed by atoms with Crippen molar-refractivity contribution in [3.05, 3.63) is 54.5 Å². The summed E-state index contributed by atoms with van der Waals surface area (Å²) >= 11 is 0. The van der Waals surface area contributed by atoms with Crippen LogP contribution >= 0.6 is 7.75 Å². The summed E-state index contributed by atoms with van der Waals surface area (Å²) in [5, 5.41) is 17.6. The maximum Gasteiger partial charge on any atom is 0.460 e. The molecular weight excluding hydrogens is 659 g/mol. The van der Waals surface area contributed by atoms with E-state index in [0.717, 1.165) is 0 Å². The standard InChI is InChI=1S/C32H39N6O10P/c1-7-15-43-29(41)20(6)37-49(42,47-21-11-9-8-10-12-21)48-30-31(16-33)32(30,46-28(40)19(4)5)25(44-27(39)18(2)3)24(45-31)22-13-14-23-26(34)35-17-36-38(22)23/h8-14,17-20,24-25,30H,7,15H2,1-6H3,(H,37,42)(H2,34,35,36)/t20-,24-,25-,30?,31+,32+,49?/m0/s1. The normalized spacial score (nSPS) is 26.0. The van der Waals surface area contributed by atoms with Crippen LogP contribution in [0, 0.1) is 23.2 Å². The summed E-state index contributed by atoms with van der Waals surface area (Å²) < 4.78 is 51.6. The van der Waals surface area contributed by atoms with Gasteiger partial charge in [0.1, 0.15) is 35.8 Å². The molecule has 5 rings (SSSR count). The van der Waals surface area contributed by atoms with Gasteiger partial charge in [-0.25, -0.2) is 14.1 Å². The summed E-state index contributed by atoms with van der Waals surface area (Å²) in [6.45, 7) is 9.68. The Morgan fingerprint density at radius 2 is 1.78 bits per heavy atom. The molecule has 3 N–H and O–H groups in total. The van der Waals surface area contributed by atoms with E-state index in [-0.39, 0.29) is 18.2 Å². The number of carbonyl (C=O) groups excluding carboxylic acids is 3. The van der Waals surface area contributed by atoms with E-state index in [9.17, 15) is 24.2 Å². The fourth-order valence-electron chi connectivity index (χ4n) is 5.48. The molecule has 1 saturated carbocycles. The van der Waals surface area contributed by atoms with E-state index in [0.29, 0.717) is 17.6 Å². The number of aromatic nitrogens is 3. The highest BCUT2D eigenvalue weighted by Gasteiger charge is 2.95. The summed E-state index contributed by atoms with van der Waals surface area (Å²) in [4.78, 5) is 43.4. The van der Waals surface area contributed by atoms with Crippen LogP contribution < -0.4 is 15.3 Å². The molecular formula is C32H39N6O10P. The first kappa shape index (κ1) is 35.7. The topological polar surface area (TPSA) is 216 Å². The number of hydrogen-bond acceptors (Lipinski definition) is 14. The van der Waals surface area contributed by atoms with Crippen molar-refractivity contribution in [1.29, 1.82) is 5.26 Å². The minimum Gasteiger partial charge on any atom is -0.465 e. The smallest absolute Gasteiger partial charge is 0.460 e. The molecule has 1 aliphatic heterocycles. The summed E-state index contributed by atoms with van der Waals surface area (Å²) in [5.74, 6) is -3.36. The highest BCUT2D eigenvalue weighted by Crippen LogP contribution is 2.71. The van der Waals surface area contributed by atoms with E-state index in [1.54, 1.807) is 58.0 Å². The second-order valence-corrected chi connectivity index (χ2v) is 14.0. The van der Waals surface area contributed by atoms with Crippen LogP contribution in [-0.4, -0.2) is 68.6 Å². The minimum atomic E-state index is -4.66. The highest BCUT2D eigenvalue weighted by atomic mass is 31.2. The van der Waals surface area contributed by atoms with Gasteiger partial charge in [-0.05, 0) is 37.6 Å². The lowest BCUT2D eigenvalue weighted by molar-refractivity contribution is -0.181. The molecule has 0 radical (unpaired) electrons. The van der Waals surface area contributed by atoms with Crippen molar-refractivity contribution in [2.45, 2.75) is 83.5 Å². The Kier molecular flexibility index (Phi) is 10.0. The number of nitrogens with two attached hydrogens (primary N) is 1. The van der Waals surface area contributed by atoms with Crippen LogP contribution in [0.3, 0.4) is 0 Å². The predicted molar refractivity (Wildman–Crippen MR) is 171 cm³/mol. The lowest BCUT2D eigenvalue weighted by Crippen LogP contribution is -2.45. The third kappa shape index (κ3) is 6.47. The molecule has 16 nitrogen and oxygen atoms in total. The van der Waals surface area contributed by atoms with Gasteiger partial charge in [-0.15, -0.1) is 0 Å². The van der Waals surface area contributed by atoms with Gasteiger partial charge >= 0.3 is 25.7 Å². The summed E-state index contributed by atoms with van der Waals surface area (Å²) in [6.07, 6.45) is -2.67. The molecule has 0 spiro atoms. The van der Waals surface area contributed by atoms with Crippen LogP contribution in [-0.2, 0) is 42.4 Å². The number of esters is 3. The van der Waals surface area contributed by atoms with Crippen molar-refractivity contribution in [3.8, 4) is 11.8 Å². The maximum atomic E-state index is 14.6. The fraction of sp³-hybridized carbons (Fsp3) is 0.500.